The Bertz CT molecular complexity index is 1180. The molecule has 0 aliphatic rings. The number of nitrogens with one attached hydrogen (secondary N) is 1. The van der Waals surface area contributed by atoms with Gasteiger partial charge in [-0.25, -0.2) is 9.97 Å². The summed E-state index contributed by atoms with van der Waals surface area (Å²) in [6.45, 7) is 1.92. The van der Waals surface area contributed by atoms with E-state index >= 15 is 0 Å². The Morgan fingerprint density at radius 3 is 2.24 bits per heavy atom. The molecular weight excluding hydrogens is 380 g/mol. The summed E-state index contributed by atoms with van der Waals surface area (Å²) in [6, 6.07) is 25.5. The second-order valence-corrected chi connectivity index (χ2v) is 6.94. The zero-order valence-electron chi connectivity index (χ0n) is 15.9. The molecule has 3 aromatic carbocycles. The van der Waals surface area contributed by atoms with Crippen molar-refractivity contribution in [1.82, 2.24) is 9.97 Å². The summed E-state index contributed by atoms with van der Waals surface area (Å²) in [5.41, 5.74) is 8.40. The second kappa shape index (κ2) is 8.67. The first kappa shape index (κ1) is 18.8. The molecule has 4 aromatic rings. The lowest BCUT2D eigenvalue weighted by atomic mass is 10.1. The lowest BCUT2D eigenvalue weighted by Crippen LogP contribution is -2.04. The highest BCUT2D eigenvalue weighted by Crippen LogP contribution is 2.17. The van der Waals surface area contributed by atoms with Crippen molar-refractivity contribution in [2.24, 2.45) is 5.10 Å². The molecule has 4 nitrogen and oxygen atoms in total. The fourth-order valence-electron chi connectivity index (χ4n) is 2.86. The highest BCUT2D eigenvalue weighted by Gasteiger charge is 2.05. The molecule has 0 amide bonds. The maximum Gasteiger partial charge on any atom is 0.168 e. The van der Waals surface area contributed by atoms with Crippen LogP contribution in [0.4, 0.5) is 5.82 Å². The Balaban J connectivity index is 1.67. The predicted octanol–water partition coefficient (Wildman–Crippen LogP) is 6.12. The van der Waals surface area contributed by atoms with Gasteiger partial charge in [-0.1, -0.05) is 72.3 Å². The third-order valence-corrected chi connectivity index (χ3v) is 4.65. The number of hydrogen-bond acceptors (Lipinski definition) is 4. The van der Waals surface area contributed by atoms with Crippen LogP contribution in [0.5, 0.6) is 0 Å². The summed E-state index contributed by atoms with van der Waals surface area (Å²) in [7, 11) is 0. The molecule has 4 rings (SSSR count). The van der Waals surface area contributed by atoms with Crippen LogP contribution in [-0.2, 0) is 0 Å². The highest BCUT2D eigenvalue weighted by molar-refractivity contribution is 6.30. The van der Waals surface area contributed by atoms with Gasteiger partial charge in [-0.15, -0.1) is 0 Å². The normalized spacial score (nSPS) is 11.9. The number of allylic oxidation sites excluding steroid dienone is 1. The number of aryl methyl sites for hydroxylation is 1. The lowest BCUT2D eigenvalue weighted by molar-refractivity contribution is 1.14. The SMILES string of the molecule is Cc1nc2ccccc2nc1N/N=C(\C=C\c1ccc(Cl)cc1)c1ccccc1. The van der Waals surface area contributed by atoms with E-state index in [1.54, 1.807) is 0 Å². The average Bonchev–Trinajstić information content (AvgIpc) is 2.76. The largest absolute Gasteiger partial charge is 0.259 e. The Kier molecular flexibility index (Phi) is 5.63. The van der Waals surface area contributed by atoms with Gasteiger partial charge in [0.05, 0.1) is 22.4 Å². The molecule has 0 atom stereocenters. The van der Waals surface area contributed by atoms with E-state index in [0.29, 0.717) is 10.8 Å². The van der Waals surface area contributed by atoms with Crippen LogP contribution in [0.25, 0.3) is 17.1 Å². The number of para-hydroxylation sites is 2. The summed E-state index contributed by atoms with van der Waals surface area (Å²) in [5, 5.41) is 5.33. The minimum Gasteiger partial charge on any atom is -0.259 e. The Morgan fingerprint density at radius 2 is 1.52 bits per heavy atom. The first-order valence-corrected chi connectivity index (χ1v) is 9.63. The van der Waals surface area contributed by atoms with E-state index < -0.39 is 0 Å². The summed E-state index contributed by atoms with van der Waals surface area (Å²) in [4.78, 5) is 9.25. The number of aromatic nitrogens is 2. The van der Waals surface area contributed by atoms with E-state index in [1.165, 1.54) is 0 Å². The van der Waals surface area contributed by atoms with Gasteiger partial charge in [0, 0.05) is 10.6 Å². The van der Waals surface area contributed by atoms with Crippen molar-refractivity contribution in [2.75, 3.05) is 5.43 Å². The van der Waals surface area contributed by atoms with E-state index in [1.807, 2.05) is 97.9 Å². The number of hydrazone groups is 1. The van der Waals surface area contributed by atoms with Crippen LogP contribution < -0.4 is 5.43 Å². The van der Waals surface area contributed by atoms with Crippen LogP contribution in [0.15, 0.2) is 90.0 Å². The quantitative estimate of drug-likeness (QED) is 0.325. The number of rotatable bonds is 5. The molecule has 0 bridgehead atoms. The van der Waals surface area contributed by atoms with E-state index in [-0.39, 0.29) is 0 Å². The van der Waals surface area contributed by atoms with Gasteiger partial charge in [0.15, 0.2) is 5.82 Å². The molecular formula is C24H19ClN4. The molecule has 1 N–H and O–H groups in total. The number of anilines is 1. The summed E-state index contributed by atoms with van der Waals surface area (Å²) < 4.78 is 0. The number of benzene rings is 3. The van der Waals surface area contributed by atoms with Crippen molar-refractivity contribution in [3.8, 4) is 0 Å². The standard InChI is InChI=1S/C24H19ClN4/c1-17-24(27-23-10-6-5-9-22(23)26-17)29-28-21(19-7-3-2-4-8-19)16-13-18-11-14-20(25)15-12-18/h2-16H,1H3,(H,27,29)/b16-13+,28-21+. The van der Waals surface area contributed by atoms with E-state index in [0.717, 1.165) is 33.6 Å². The zero-order valence-corrected chi connectivity index (χ0v) is 16.6. The van der Waals surface area contributed by atoms with Crippen molar-refractivity contribution < 1.29 is 0 Å². The Hall–Kier alpha value is -3.50. The molecule has 0 saturated heterocycles. The van der Waals surface area contributed by atoms with Crippen LogP contribution in [0, 0.1) is 6.92 Å². The molecule has 142 valence electrons. The second-order valence-electron chi connectivity index (χ2n) is 6.51. The molecule has 0 saturated carbocycles. The van der Waals surface area contributed by atoms with E-state index in [9.17, 15) is 0 Å². The van der Waals surface area contributed by atoms with Crippen LogP contribution >= 0.6 is 11.6 Å². The van der Waals surface area contributed by atoms with Crippen LogP contribution in [0.1, 0.15) is 16.8 Å². The third kappa shape index (κ3) is 4.68. The van der Waals surface area contributed by atoms with Crippen molar-refractivity contribution in [2.45, 2.75) is 6.92 Å². The van der Waals surface area contributed by atoms with Gasteiger partial charge in [-0.05, 0) is 42.8 Å². The number of halogens is 1. The van der Waals surface area contributed by atoms with Gasteiger partial charge in [-0.3, -0.25) is 5.43 Å². The number of fused-ring (bicyclic) bond motifs is 1. The van der Waals surface area contributed by atoms with Gasteiger partial charge in [0.1, 0.15) is 0 Å². The van der Waals surface area contributed by atoms with Gasteiger partial charge in [0.25, 0.3) is 0 Å². The summed E-state index contributed by atoms with van der Waals surface area (Å²) in [6.07, 6.45) is 3.97. The van der Waals surface area contributed by atoms with Crippen LogP contribution in [0.3, 0.4) is 0 Å². The zero-order chi connectivity index (χ0) is 20.1. The van der Waals surface area contributed by atoms with E-state index in [4.69, 9.17) is 11.6 Å². The van der Waals surface area contributed by atoms with Crippen molar-refractivity contribution in [3.05, 3.63) is 107 Å². The number of hydrogen-bond donors (Lipinski definition) is 1. The monoisotopic (exact) mass is 398 g/mol. The average molecular weight is 399 g/mol. The number of nitrogens with zero attached hydrogens (tertiary/aromatic N) is 3. The maximum atomic E-state index is 5.97. The lowest BCUT2D eigenvalue weighted by Gasteiger charge is -2.07. The third-order valence-electron chi connectivity index (χ3n) is 4.40. The topological polar surface area (TPSA) is 50.2 Å². The van der Waals surface area contributed by atoms with Crippen molar-refractivity contribution in [3.63, 3.8) is 0 Å². The first-order valence-electron chi connectivity index (χ1n) is 9.25. The minimum atomic E-state index is 0.636. The fraction of sp³-hybridized carbons (Fsp3) is 0.0417. The molecule has 0 aliphatic heterocycles. The molecule has 0 fully saturated rings. The van der Waals surface area contributed by atoms with Crippen LogP contribution in [0.2, 0.25) is 5.02 Å². The smallest absolute Gasteiger partial charge is 0.168 e. The molecule has 0 aliphatic carbocycles. The van der Waals surface area contributed by atoms with Gasteiger partial charge in [0.2, 0.25) is 0 Å². The van der Waals surface area contributed by atoms with Gasteiger partial charge in [-0.2, -0.15) is 5.10 Å². The fourth-order valence-corrected chi connectivity index (χ4v) is 2.99. The summed E-state index contributed by atoms with van der Waals surface area (Å²) >= 11 is 5.97. The van der Waals surface area contributed by atoms with Crippen LogP contribution in [-0.4, -0.2) is 15.7 Å². The van der Waals surface area contributed by atoms with Crippen molar-refractivity contribution in [1.29, 1.82) is 0 Å². The molecule has 0 unspecified atom stereocenters. The molecule has 5 heteroatoms. The molecule has 29 heavy (non-hydrogen) atoms. The first-order chi connectivity index (χ1) is 14.2. The van der Waals surface area contributed by atoms with Crippen molar-refractivity contribution >= 4 is 40.2 Å². The highest BCUT2D eigenvalue weighted by atomic mass is 35.5. The summed E-state index contributed by atoms with van der Waals surface area (Å²) in [5.74, 6) is 0.636. The Morgan fingerprint density at radius 1 is 0.862 bits per heavy atom. The molecule has 1 aromatic heterocycles. The molecule has 1 heterocycles. The van der Waals surface area contributed by atoms with Gasteiger partial charge >= 0.3 is 0 Å². The van der Waals surface area contributed by atoms with E-state index in [2.05, 4.69) is 20.5 Å². The molecule has 0 radical (unpaired) electrons. The predicted molar refractivity (Wildman–Crippen MR) is 121 cm³/mol. The maximum absolute atomic E-state index is 5.97. The Labute approximate surface area is 174 Å². The molecule has 0 spiro atoms. The van der Waals surface area contributed by atoms with Gasteiger partial charge < -0.3 is 0 Å². The minimum absolute atomic E-state index is 0.636.